The van der Waals surface area contributed by atoms with E-state index in [0.29, 0.717) is 5.56 Å². The van der Waals surface area contributed by atoms with Gasteiger partial charge in [0.05, 0.1) is 5.69 Å². The molecule has 1 aliphatic rings. The van der Waals surface area contributed by atoms with Gasteiger partial charge >= 0.3 is 0 Å². The molecule has 0 aliphatic heterocycles. The number of nitrogens with one attached hydrogen (secondary N) is 2. The molecule has 0 radical (unpaired) electrons. The van der Waals surface area contributed by atoms with Crippen LogP contribution in [0.25, 0.3) is 11.3 Å². The Bertz CT molecular complexity index is 766. The lowest BCUT2D eigenvalue weighted by Crippen LogP contribution is -2.19. The average Bonchev–Trinajstić information content (AvgIpc) is 2.71. The lowest BCUT2D eigenvalue weighted by Gasteiger charge is -2.21. The molecule has 27 heavy (non-hydrogen) atoms. The fraction of sp³-hybridized carbons (Fsp3) is 0.478. The van der Waals surface area contributed by atoms with Crippen molar-refractivity contribution >= 4 is 5.91 Å². The molecule has 1 saturated carbocycles. The number of carbonyl (C=O) groups is 1. The predicted molar refractivity (Wildman–Crippen MR) is 111 cm³/mol. The molecule has 0 saturated heterocycles. The van der Waals surface area contributed by atoms with E-state index < -0.39 is 0 Å². The van der Waals surface area contributed by atoms with Crippen molar-refractivity contribution in [2.45, 2.75) is 52.0 Å². The van der Waals surface area contributed by atoms with Crippen LogP contribution in [0.3, 0.4) is 0 Å². The number of nitrogens with zero attached hydrogens (tertiary/aromatic N) is 1. The molecule has 1 amide bonds. The minimum atomic E-state index is -0.0757. The Balaban J connectivity index is 1.58. The molecule has 2 aromatic rings. The Kier molecular flexibility index (Phi) is 6.99. The first kappa shape index (κ1) is 19.6. The first-order chi connectivity index (χ1) is 13.2. The SMILES string of the molecule is CNC(=O)c1cccc(-c2ncc(CNCCC3CCCCC3)cc2C)c1. The average molecular weight is 366 g/mol. The highest BCUT2D eigenvalue weighted by molar-refractivity contribution is 5.95. The first-order valence-electron chi connectivity index (χ1n) is 10.2. The molecule has 144 valence electrons. The normalized spacial score (nSPS) is 14.9. The Morgan fingerprint density at radius 3 is 2.74 bits per heavy atom. The summed E-state index contributed by atoms with van der Waals surface area (Å²) in [5.74, 6) is 0.842. The topological polar surface area (TPSA) is 54.0 Å². The van der Waals surface area contributed by atoms with Gasteiger partial charge in [-0.2, -0.15) is 0 Å². The molecule has 2 N–H and O–H groups in total. The van der Waals surface area contributed by atoms with E-state index in [4.69, 9.17) is 0 Å². The van der Waals surface area contributed by atoms with Gasteiger partial charge < -0.3 is 10.6 Å². The molecular formula is C23H31N3O. The van der Waals surface area contributed by atoms with Crippen LogP contribution in [0.1, 0.15) is 60.0 Å². The van der Waals surface area contributed by atoms with E-state index in [1.54, 1.807) is 7.05 Å². The van der Waals surface area contributed by atoms with Crippen molar-refractivity contribution in [1.29, 1.82) is 0 Å². The van der Waals surface area contributed by atoms with Gasteiger partial charge in [-0.05, 0) is 49.1 Å². The van der Waals surface area contributed by atoms with Crippen LogP contribution in [0, 0.1) is 12.8 Å². The van der Waals surface area contributed by atoms with Crippen molar-refractivity contribution in [2.75, 3.05) is 13.6 Å². The standard InChI is InChI=1S/C23H31N3O/c1-17-13-19(15-25-12-11-18-7-4-3-5-8-18)16-26-22(17)20-9-6-10-21(14-20)23(27)24-2/h6,9-10,13-14,16,18,25H,3-5,7-8,11-12,15H2,1-2H3,(H,24,27). The molecule has 1 aliphatic carbocycles. The molecule has 3 rings (SSSR count). The number of hydrogen-bond acceptors (Lipinski definition) is 3. The highest BCUT2D eigenvalue weighted by Gasteiger charge is 2.13. The first-order valence-corrected chi connectivity index (χ1v) is 10.2. The summed E-state index contributed by atoms with van der Waals surface area (Å²) in [6.45, 7) is 4.03. The largest absolute Gasteiger partial charge is 0.355 e. The molecular weight excluding hydrogens is 334 g/mol. The van der Waals surface area contributed by atoms with Gasteiger partial charge in [0.1, 0.15) is 0 Å². The Morgan fingerprint density at radius 2 is 2.00 bits per heavy atom. The fourth-order valence-corrected chi connectivity index (χ4v) is 4.00. The maximum Gasteiger partial charge on any atom is 0.251 e. The van der Waals surface area contributed by atoms with E-state index in [1.807, 2.05) is 30.5 Å². The summed E-state index contributed by atoms with van der Waals surface area (Å²) < 4.78 is 0. The van der Waals surface area contributed by atoms with Gasteiger partial charge in [-0.25, -0.2) is 0 Å². The lowest BCUT2D eigenvalue weighted by molar-refractivity contribution is 0.0963. The summed E-state index contributed by atoms with van der Waals surface area (Å²) in [7, 11) is 1.65. The zero-order valence-electron chi connectivity index (χ0n) is 16.6. The van der Waals surface area contributed by atoms with Crippen molar-refractivity contribution in [3.8, 4) is 11.3 Å². The van der Waals surface area contributed by atoms with Crippen molar-refractivity contribution in [2.24, 2.45) is 5.92 Å². The Labute approximate surface area is 162 Å². The molecule has 1 aromatic heterocycles. The Morgan fingerprint density at radius 1 is 1.19 bits per heavy atom. The molecule has 1 heterocycles. The minimum absolute atomic E-state index is 0.0757. The minimum Gasteiger partial charge on any atom is -0.355 e. The van der Waals surface area contributed by atoms with Crippen LogP contribution in [0.15, 0.2) is 36.5 Å². The second-order valence-electron chi connectivity index (χ2n) is 7.64. The number of hydrogen-bond donors (Lipinski definition) is 2. The van der Waals surface area contributed by atoms with Crippen LogP contribution in [-0.2, 0) is 6.54 Å². The number of rotatable bonds is 7. The van der Waals surface area contributed by atoms with E-state index in [9.17, 15) is 4.79 Å². The second-order valence-corrected chi connectivity index (χ2v) is 7.64. The summed E-state index contributed by atoms with van der Waals surface area (Å²) in [4.78, 5) is 16.5. The van der Waals surface area contributed by atoms with E-state index in [2.05, 4.69) is 28.6 Å². The summed E-state index contributed by atoms with van der Waals surface area (Å²) in [5.41, 5.74) is 4.92. The molecule has 0 atom stereocenters. The number of benzene rings is 1. The second kappa shape index (κ2) is 9.65. The van der Waals surface area contributed by atoms with Crippen molar-refractivity contribution in [3.05, 3.63) is 53.2 Å². The maximum absolute atomic E-state index is 11.9. The summed E-state index contributed by atoms with van der Waals surface area (Å²) in [6, 6.07) is 9.83. The predicted octanol–water partition coefficient (Wildman–Crippen LogP) is 4.48. The molecule has 4 heteroatoms. The van der Waals surface area contributed by atoms with E-state index in [0.717, 1.165) is 35.8 Å². The van der Waals surface area contributed by atoms with Gasteiger partial charge in [-0.3, -0.25) is 9.78 Å². The van der Waals surface area contributed by atoms with Crippen LogP contribution in [0.5, 0.6) is 0 Å². The highest BCUT2D eigenvalue weighted by atomic mass is 16.1. The van der Waals surface area contributed by atoms with Crippen LogP contribution in [0.2, 0.25) is 0 Å². The molecule has 1 aromatic carbocycles. The molecule has 4 nitrogen and oxygen atoms in total. The monoisotopic (exact) mass is 365 g/mol. The summed E-state index contributed by atoms with van der Waals surface area (Å²) in [5, 5.41) is 6.24. The van der Waals surface area contributed by atoms with E-state index in [1.165, 1.54) is 44.1 Å². The van der Waals surface area contributed by atoms with Gasteiger partial charge in [-0.15, -0.1) is 0 Å². The van der Waals surface area contributed by atoms with Crippen molar-refractivity contribution < 1.29 is 4.79 Å². The van der Waals surface area contributed by atoms with Crippen molar-refractivity contribution in [1.82, 2.24) is 15.6 Å². The van der Waals surface area contributed by atoms with Gasteiger partial charge in [0.15, 0.2) is 0 Å². The Hall–Kier alpha value is -2.20. The van der Waals surface area contributed by atoms with Gasteiger partial charge in [0.2, 0.25) is 0 Å². The molecule has 0 unspecified atom stereocenters. The summed E-state index contributed by atoms with van der Waals surface area (Å²) in [6.07, 6.45) is 10.3. The van der Waals surface area contributed by atoms with Crippen LogP contribution < -0.4 is 10.6 Å². The van der Waals surface area contributed by atoms with E-state index in [-0.39, 0.29) is 5.91 Å². The van der Waals surface area contributed by atoms with Gasteiger partial charge in [0.25, 0.3) is 5.91 Å². The van der Waals surface area contributed by atoms with Crippen LogP contribution in [-0.4, -0.2) is 24.5 Å². The third-order valence-electron chi connectivity index (χ3n) is 5.54. The smallest absolute Gasteiger partial charge is 0.251 e. The number of pyridine rings is 1. The zero-order chi connectivity index (χ0) is 19.1. The third kappa shape index (κ3) is 5.39. The summed E-state index contributed by atoms with van der Waals surface area (Å²) >= 11 is 0. The number of aromatic nitrogens is 1. The highest BCUT2D eigenvalue weighted by Crippen LogP contribution is 2.26. The van der Waals surface area contributed by atoms with Gasteiger partial charge in [-0.1, -0.05) is 50.3 Å². The lowest BCUT2D eigenvalue weighted by atomic mass is 9.87. The quantitative estimate of drug-likeness (QED) is 0.712. The zero-order valence-corrected chi connectivity index (χ0v) is 16.6. The molecule has 0 spiro atoms. The number of amides is 1. The van der Waals surface area contributed by atoms with Gasteiger partial charge in [0, 0.05) is 30.9 Å². The molecule has 0 bridgehead atoms. The molecule has 1 fully saturated rings. The number of aryl methyl sites for hydroxylation is 1. The number of carbonyl (C=O) groups excluding carboxylic acids is 1. The fourth-order valence-electron chi connectivity index (χ4n) is 4.00. The third-order valence-corrected chi connectivity index (χ3v) is 5.54. The van der Waals surface area contributed by atoms with Crippen LogP contribution in [0.4, 0.5) is 0 Å². The van der Waals surface area contributed by atoms with Crippen molar-refractivity contribution in [3.63, 3.8) is 0 Å². The van der Waals surface area contributed by atoms with Crippen LogP contribution >= 0.6 is 0 Å². The maximum atomic E-state index is 11.9. The van der Waals surface area contributed by atoms with E-state index >= 15 is 0 Å².